The van der Waals surface area contributed by atoms with Gasteiger partial charge in [0.25, 0.3) is 5.91 Å². The molecular formula is C17H21BrN4O3S. The predicted molar refractivity (Wildman–Crippen MR) is 101 cm³/mol. The molecule has 140 valence electrons. The van der Waals surface area contributed by atoms with E-state index in [1.54, 1.807) is 33.8 Å². The molecule has 1 aliphatic rings. The number of piperazine rings is 1. The normalized spacial score (nSPS) is 16.1. The van der Waals surface area contributed by atoms with Crippen LogP contribution in [0.3, 0.4) is 0 Å². The van der Waals surface area contributed by atoms with E-state index in [2.05, 4.69) is 21.0 Å². The van der Waals surface area contributed by atoms with Crippen LogP contribution in [-0.2, 0) is 17.1 Å². The van der Waals surface area contributed by atoms with Crippen LogP contribution in [0, 0.1) is 13.8 Å². The topological polar surface area (TPSA) is 75.5 Å². The molecule has 2 heterocycles. The third kappa shape index (κ3) is 3.43. The van der Waals surface area contributed by atoms with Crippen LogP contribution in [0.5, 0.6) is 0 Å². The first-order chi connectivity index (χ1) is 12.2. The van der Waals surface area contributed by atoms with Gasteiger partial charge in [-0.2, -0.15) is 9.40 Å². The van der Waals surface area contributed by atoms with Gasteiger partial charge in [0.15, 0.2) is 0 Å². The lowest BCUT2D eigenvalue weighted by Crippen LogP contribution is -2.50. The van der Waals surface area contributed by atoms with Gasteiger partial charge >= 0.3 is 0 Å². The van der Waals surface area contributed by atoms with Crippen LogP contribution in [0.15, 0.2) is 33.6 Å². The highest BCUT2D eigenvalue weighted by Gasteiger charge is 2.32. The number of aryl methyl sites for hydroxylation is 2. The maximum absolute atomic E-state index is 12.8. The molecule has 0 N–H and O–H groups in total. The van der Waals surface area contributed by atoms with Crippen molar-refractivity contribution in [2.75, 3.05) is 26.2 Å². The number of aromatic nitrogens is 2. The quantitative estimate of drug-likeness (QED) is 0.730. The molecule has 1 saturated heterocycles. The van der Waals surface area contributed by atoms with Crippen LogP contribution >= 0.6 is 15.9 Å². The van der Waals surface area contributed by atoms with Gasteiger partial charge in [-0.3, -0.25) is 9.48 Å². The van der Waals surface area contributed by atoms with Crippen LogP contribution in [0.1, 0.15) is 21.7 Å². The summed E-state index contributed by atoms with van der Waals surface area (Å²) in [6, 6.07) is 6.66. The lowest BCUT2D eigenvalue weighted by atomic mass is 10.1. The Labute approximate surface area is 161 Å². The molecule has 1 aromatic carbocycles. The highest BCUT2D eigenvalue weighted by atomic mass is 79.9. The van der Waals surface area contributed by atoms with Gasteiger partial charge < -0.3 is 4.90 Å². The fourth-order valence-corrected chi connectivity index (χ4v) is 5.17. The predicted octanol–water partition coefficient (Wildman–Crippen LogP) is 1.95. The molecule has 1 amide bonds. The van der Waals surface area contributed by atoms with Crippen molar-refractivity contribution in [2.45, 2.75) is 18.7 Å². The van der Waals surface area contributed by atoms with Crippen LogP contribution in [-0.4, -0.2) is 59.5 Å². The van der Waals surface area contributed by atoms with Gasteiger partial charge in [0, 0.05) is 43.4 Å². The highest BCUT2D eigenvalue weighted by molar-refractivity contribution is 9.10. The average molecular weight is 441 g/mol. The van der Waals surface area contributed by atoms with Crippen LogP contribution in [0.2, 0.25) is 0 Å². The zero-order valence-corrected chi connectivity index (χ0v) is 17.3. The Balaban J connectivity index is 1.74. The van der Waals surface area contributed by atoms with Crippen molar-refractivity contribution < 1.29 is 13.2 Å². The summed E-state index contributed by atoms with van der Waals surface area (Å²) in [5.74, 6) is -0.0902. The van der Waals surface area contributed by atoms with Gasteiger partial charge in [0.2, 0.25) is 10.0 Å². The van der Waals surface area contributed by atoms with E-state index >= 15 is 0 Å². The second-order valence-electron chi connectivity index (χ2n) is 6.32. The monoisotopic (exact) mass is 440 g/mol. The number of nitrogens with zero attached hydrogens (tertiary/aromatic N) is 4. The van der Waals surface area contributed by atoms with Gasteiger partial charge in [-0.1, -0.05) is 22.0 Å². The van der Waals surface area contributed by atoms with Gasteiger partial charge in [-0.05, 0) is 32.0 Å². The Kier molecular flexibility index (Phi) is 5.23. The second kappa shape index (κ2) is 7.13. The van der Waals surface area contributed by atoms with Crippen molar-refractivity contribution in [2.24, 2.45) is 7.05 Å². The minimum absolute atomic E-state index is 0.0902. The zero-order chi connectivity index (χ0) is 19.1. The number of benzene rings is 1. The summed E-state index contributed by atoms with van der Waals surface area (Å²) in [6.07, 6.45) is 0. The Morgan fingerprint density at radius 2 is 1.81 bits per heavy atom. The van der Waals surface area contributed by atoms with E-state index in [1.165, 1.54) is 4.31 Å². The number of carbonyl (C=O) groups excluding carboxylic acids is 1. The van der Waals surface area contributed by atoms with E-state index in [4.69, 9.17) is 0 Å². The maximum atomic E-state index is 12.8. The summed E-state index contributed by atoms with van der Waals surface area (Å²) in [5.41, 5.74) is 2.12. The number of amides is 1. The standard InChI is InChI=1S/C17H21BrN4O3S/c1-12-16(13(2)20(3)19-12)17(23)21-7-9-22(10-8-21)26(24,25)15-6-4-5-14(18)11-15/h4-6,11H,7-10H2,1-3H3. The largest absolute Gasteiger partial charge is 0.336 e. The molecule has 1 aliphatic heterocycles. The number of hydrogen-bond acceptors (Lipinski definition) is 4. The van der Waals surface area contributed by atoms with Crippen molar-refractivity contribution in [1.29, 1.82) is 0 Å². The summed E-state index contributed by atoms with van der Waals surface area (Å²) in [7, 11) is -1.75. The summed E-state index contributed by atoms with van der Waals surface area (Å²) < 4.78 is 29.4. The van der Waals surface area contributed by atoms with E-state index in [1.807, 2.05) is 20.9 Å². The Morgan fingerprint density at radius 3 is 2.35 bits per heavy atom. The maximum Gasteiger partial charge on any atom is 0.257 e. The smallest absolute Gasteiger partial charge is 0.257 e. The molecule has 7 nitrogen and oxygen atoms in total. The second-order valence-corrected chi connectivity index (χ2v) is 9.18. The Morgan fingerprint density at radius 1 is 1.15 bits per heavy atom. The molecule has 0 aliphatic carbocycles. The van der Waals surface area contributed by atoms with E-state index in [0.717, 1.165) is 10.2 Å². The molecule has 0 spiro atoms. The van der Waals surface area contributed by atoms with E-state index in [0.29, 0.717) is 24.3 Å². The van der Waals surface area contributed by atoms with Crippen LogP contribution < -0.4 is 0 Å². The first-order valence-electron chi connectivity index (χ1n) is 8.27. The third-order valence-electron chi connectivity index (χ3n) is 4.68. The molecule has 9 heteroatoms. The van der Waals surface area contributed by atoms with E-state index < -0.39 is 10.0 Å². The molecule has 3 rings (SSSR count). The minimum atomic E-state index is -3.56. The zero-order valence-electron chi connectivity index (χ0n) is 14.9. The fourth-order valence-electron chi connectivity index (χ4n) is 3.15. The van der Waals surface area contributed by atoms with Crippen LogP contribution in [0.25, 0.3) is 0 Å². The molecule has 26 heavy (non-hydrogen) atoms. The van der Waals surface area contributed by atoms with Gasteiger partial charge in [0.05, 0.1) is 16.2 Å². The lowest BCUT2D eigenvalue weighted by Gasteiger charge is -2.34. The summed E-state index contributed by atoms with van der Waals surface area (Å²) in [4.78, 5) is 14.8. The molecule has 0 radical (unpaired) electrons. The SMILES string of the molecule is Cc1nn(C)c(C)c1C(=O)N1CCN(S(=O)(=O)c2cccc(Br)c2)CC1. The molecule has 1 aromatic heterocycles. The fraction of sp³-hybridized carbons (Fsp3) is 0.412. The first kappa shape index (κ1) is 19.1. The van der Waals surface area contributed by atoms with E-state index in [-0.39, 0.29) is 23.9 Å². The summed E-state index contributed by atoms with van der Waals surface area (Å²) in [6.45, 7) is 4.95. The summed E-state index contributed by atoms with van der Waals surface area (Å²) >= 11 is 3.30. The van der Waals surface area contributed by atoms with Crippen molar-refractivity contribution in [1.82, 2.24) is 19.0 Å². The number of hydrogen-bond donors (Lipinski definition) is 0. The Hall–Kier alpha value is -1.71. The molecule has 0 atom stereocenters. The molecule has 1 fully saturated rings. The highest BCUT2D eigenvalue weighted by Crippen LogP contribution is 2.22. The molecule has 0 unspecified atom stereocenters. The van der Waals surface area contributed by atoms with Crippen molar-refractivity contribution in [3.05, 3.63) is 45.7 Å². The molecule has 0 bridgehead atoms. The molecule has 2 aromatic rings. The van der Waals surface area contributed by atoms with Crippen LogP contribution in [0.4, 0.5) is 0 Å². The number of rotatable bonds is 3. The summed E-state index contributed by atoms with van der Waals surface area (Å²) in [5, 5.41) is 4.29. The van der Waals surface area contributed by atoms with Gasteiger partial charge in [0.1, 0.15) is 0 Å². The Bertz CT molecular complexity index is 947. The number of halogens is 1. The van der Waals surface area contributed by atoms with Crippen molar-refractivity contribution in [3.8, 4) is 0 Å². The van der Waals surface area contributed by atoms with Crippen molar-refractivity contribution in [3.63, 3.8) is 0 Å². The molecule has 0 saturated carbocycles. The van der Waals surface area contributed by atoms with E-state index in [9.17, 15) is 13.2 Å². The number of carbonyl (C=O) groups is 1. The minimum Gasteiger partial charge on any atom is -0.336 e. The van der Waals surface area contributed by atoms with Crippen molar-refractivity contribution >= 4 is 31.9 Å². The molecular weight excluding hydrogens is 420 g/mol. The average Bonchev–Trinajstić information content (AvgIpc) is 2.86. The van der Waals surface area contributed by atoms with Gasteiger partial charge in [-0.25, -0.2) is 8.42 Å². The first-order valence-corrected chi connectivity index (χ1v) is 10.5. The lowest BCUT2D eigenvalue weighted by molar-refractivity contribution is 0.0696. The van der Waals surface area contributed by atoms with Gasteiger partial charge in [-0.15, -0.1) is 0 Å². The number of sulfonamides is 1. The third-order valence-corrected chi connectivity index (χ3v) is 7.07.